The number of esters is 2. The van der Waals surface area contributed by atoms with Crippen molar-refractivity contribution in [1.82, 2.24) is 0 Å². The van der Waals surface area contributed by atoms with Gasteiger partial charge in [-0.15, -0.1) is 0 Å². The van der Waals surface area contributed by atoms with Crippen LogP contribution in [0, 0.1) is 11.8 Å². The maximum absolute atomic E-state index is 12.0. The lowest BCUT2D eigenvalue weighted by Gasteiger charge is -2.24. The minimum Gasteiger partial charge on any atom is -0.481 e. The maximum Gasteiger partial charge on any atom is 0.326 e. The highest BCUT2D eigenvalue weighted by Gasteiger charge is 2.30. The number of nitrogens with two attached hydrogens (primary N) is 1. The van der Waals surface area contributed by atoms with Gasteiger partial charge in [-0.3, -0.25) is 14.4 Å². The molecule has 0 aromatic rings. The predicted molar refractivity (Wildman–Crippen MR) is 79.7 cm³/mol. The second-order valence-corrected chi connectivity index (χ2v) is 5.76. The third-order valence-corrected chi connectivity index (χ3v) is 3.02. The van der Waals surface area contributed by atoms with Gasteiger partial charge in [0.15, 0.2) is 0 Å². The third kappa shape index (κ3) is 8.61. The van der Waals surface area contributed by atoms with Gasteiger partial charge in [0.2, 0.25) is 6.29 Å². The van der Waals surface area contributed by atoms with E-state index in [9.17, 15) is 14.4 Å². The number of carbonyl (C=O) groups is 3. The first-order chi connectivity index (χ1) is 10.2. The molecule has 0 radical (unpaired) electrons. The Labute approximate surface area is 131 Å². The van der Waals surface area contributed by atoms with Crippen LogP contribution in [0.25, 0.3) is 0 Å². The second kappa shape index (κ2) is 10.2. The molecule has 0 fully saturated rings. The van der Waals surface area contributed by atoms with Gasteiger partial charge in [-0.25, -0.2) is 0 Å². The molecule has 0 amide bonds. The molecule has 0 bridgehead atoms. The summed E-state index contributed by atoms with van der Waals surface area (Å²) >= 11 is 0. The molecule has 0 aliphatic heterocycles. The minimum atomic E-state index is -1.06. The van der Waals surface area contributed by atoms with E-state index in [2.05, 4.69) is 0 Å². The summed E-state index contributed by atoms with van der Waals surface area (Å²) in [6.45, 7) is 7.09. The van der Waals surface area contributed by atoms with E-state index in [4.69, 9.17) is 20.3 Å². The minimum absolute atomic E-state index is 0.197. The molecule has 0 aromatic heterocycles. The molecule has 3 N–H and O–H groups in total. The first kappa shape index (κ1) is 20.4. The van der Waals surface area contributed by atoms with Gasteiger partial charge >= 0.3 is 17.9 Å². The van der Waals surface area contributed by atoms with Gasteiger partial charge in [0.1, 0.15) is 6.04 Å². The summed E-state index contributed by atoms with van der Waals surface area (Å²) in [5.74, 6) is -2.56. The zero-order valence-electron chi connectivity index (χ0n) is 13.7. The molecule has 0 saturated carbocycles. The Hall–Kier alpha value is -1.63. The number of aliphatic carboxylic acids is 1. The van der Waals surface area contributed by atoms with Gasteiger partial charge in [0.05, 0.1) is 6.42 Å². The molecule has 0 spiro atoms. The Morgan fingerprint density at radius 3 is 2.18 bits per heavy atom. The lowest BCUT2D eigenvalue weighted by molar-refractivity contribution is -0.186. The number of carbonyl (C=O) groups excluding carboxylic acids is 2. The van der Waals surface area contributed by atoms with E-state index in [1.54, 1.807) is 0 Å². The van der Waals surface area contributed by atoms with Crippen molar-refractivity contribution in [1.29, 1.82) is 0 Å². The molecule has 3 unspecified atom stereocenters. The smallest absolute Gasteiger partial charge is 0.326 e. The molecule has 0 rings (SSSR count). The number of ether oxygens (including phenoxy) is 2. The second-order valence-electron chi connectivity index (χ2n) is 5.76. The highest BCUT2D eigenvalue weighted by molar-refractivity contribution is 5.77. The van der Waals surface area contributed by atoms with Crippen molar-refractivity contribution in [3.8, 4) is 0 Å². The zero-order chi connectivity index (χ0) is 17.3. The van der Waals surface area contributed by atoms with E-state index in [-0.39, 0.29) is 18.8 Å². The van der Waals surface area contributed by atoms with Gasteiger partial charge < -0.3 is 20.3 Å². The van der Waals surface area contributed by atoms with Crippen LogP contribution >= 0.6 is 0 Å². The zero-order valence-corrected chi connectivity index (χ0v) is 13.7. The van der Waals surface area contributed by atoms with Crippen LogP contribution in [0.3, 0.4) is 0 Å². The number of rotatable bonds is 10. The van der Waals surface area contributed by atoms with Gasteiger partial charge in [0, 0.05) is 13.3 Å². The van der Waals surface area contributed by atoms with E-state index in [1.807, 2.05) is 20.8 Å². The summed E-state index contributed by atoms with van der Waals surface area (Å²) in [7, 11) is 0. The van der Waals surface area contributed by atoms with E-state index in [0.29, 0.717) is 12.8 Å². The van der Waals surface area contributed by atoms with Crippen LogP contribution in [-0.2, 0) is 23.9 Å². The molecule has 0 heterocycles. The third-order valence-electron chi connectivity index (χ3n) is 3.02. The van der Waals surface area contributed by atoms with Gasteiger partial charge in [0.25, 0.3) is 0 Å². The maximum atomic E-state index is 12.0. The lowest BCUT2D eigenvalue weighted by atomic mass is 9.88. The van der Waals surface area contributed by atoms with Crippen LogP contribution in [0.15, 0.2) is 0 Å². The summed E-state index contributed by atoms with van der Waals surface area (Å²) in [5, 5.41) is 8.91. The molecule has 3 atom stereocenters. The first-order valence-electron chi connectivity index (χ1n) is 7.54. The Balaban J connectivity index is 4.57. The topological polar surface area (TPSA) is 116 Å². The standard InChI is InChI=1S/C15H27NO6/c1-5-6-13(19)21-10(4)22-15(20)14(16)11(7-9(2)3)8-12(17)18/h9-11,14H,5-8,16H2,1-4H3,(H,17,18). The van der Waals surface area contributed by atoms with Crippen molar-refractivity contribution in [2.75, 3.05) is 0 Å². The van der Waals surface area contributed by atoms with Crippen molar-refractivity contribution in [2.45, 2.75) is 65.7 Å². The highest BCUT2D eigenvalue weighted by Crippen LogP contribution is 2.20. The van der Waals surface area contributed by atoms with Crippen molar-refractivity contribution in [3.05, 3.63) is 0 Å². The fraction of sp³-hybridized carbons (Fsp3) is 0.800. The summed E-state index contributed by atoms with van der Waals surface area (Å²) in [5.41, 5.74) is 5.82. The summed E-state index contributed by atoms with van der Waals surface area (Å²) < 4.78 is 9.87. The van der Waals surface area contributed by atoms with Crippen LogP contribution in [0.2, 0.25) is 0 Å². The lowest BCUT2D eigenvalue weighted by Crippen LogP contribution is -2.42. The van der Waals surface area contributed by atoms with Crippen LogP contribution in [0.5, 0.6) is 0 Å². The summed E-state index contributed by atoms with van der Waals surface area (Å²) in [6.07, 6.45) is 0.115. The molecule has 0 saturated heterocycles. The Bertz CT molecular complexity index is 382. The molecule has 128 valence electrons. The normalized spacial score (nSPS) is 15.0. The van der Waals surface area contributed by atoms with Crippen LogP contribution < -0.4 is 5.73 Å². The Kier molecular flexibility index (Phi) is 9.40. The quantitative estimate of drug-likeness (QED) is 0.465. The van der Waals surface area contributed by atoms with Crippen molar-refractivity contribution in [3.63, 3.8) is 0 Å². The van der Waals surface area contributed by atoms with Crippen molar-refractivity contribution >= 4 is 17.9 Å². The molecule has 7 heteroatoms. The number of carboxylic acid groups (broad SMARTS) is 1. The number of carboxylic acids is 1. The fourth-order valence-electron chi connectivity index (χ4n) is 2.09. The summed E-state index contributed by atoms with van der Waals surface area (Å²) in [6, 6.07) is -1.06. The monoisotopic (exact) mass is 317 g/mol. The molecular weight excluding hydrogens is 290 g/mol. The Morgan fingerprint density at radius 2 is 1.73 bits per heavy atom. The van der Waals surface area contributed by atoms with Crippen LogP contribution in [0.4, 0.5) is 0 Å². The largest absolute Gasteiger partial charge is 0.481 e. The first-order valence-corrected chi connectivity index (χ1v) is 7.54. The molecular formula is C15H27NO6. The molecule has 0 aromatic carbocycles. The van der Waals surface area contributed by atoms with Crippen molar-refractivity contribution in [2.24, 2.45) is 17.6 Å². The van der Waals surface area contributed by atoms with E-state index < -0.39 is 36.2 Å². The predicted octanol–water partition coefficient (Wildman–Crippen LogP) is 1.68. The van der Waals surface area contributed by atoms with Crippen LogP contribution in [0.1, 0.15) is 53.4 Å². The number of hydrogen-bond donors (Lipinski definition) is 2. The summed E-state index contributed by atoms with van der Waals surface area (Å²) in [4.78, 5) is 34.2. The average Bonchev–Trinajstić information content (AvgIpc) is 2.35. The van der Waals surface area contributed by atoms with Gasteiger partial charge in [-0.2, -0.15) is 0 Å². The van der Waals surface area contributed by atoms with E-state index >= 15 is 0 Å². The Morgan fingerprint density at radius 1 is 1.14 bits per heavy atom. The fourth-order valence-corrected chi connectivity index (χ4v) is 2.09. The number of hydrogen-bond acceptors (Lipinski definition) is 6. The highest BCUT2D eigenvalue weighted by atomic mass is 16.7. The van der Waals surface area contributed by atoms with Crippen molar-refractivity contribution < 1.29 is 29.0 Å². The molecule has 7 nitrogen and oxygen atoms in total. The van der Waals surface area contributed by atoms with Gasteiger partial charge in [-0.05, 0) is 24.7 Å². The van der Waals surface area contributed by atoms with Crippen LogP contribution in [-0.4, -0.2) is 35.3 Å². The van der Waals surface area contributed by atoms with E-state index in [0.717, 1.165) is 0 Å². The SMILES string of the molecule is CCCC(=O)OC(C)OC(=O)C(N)C(CC(=O)O)CC(C)C. The molecule has 0 aliphatic carbocycles. The van der Waals surface area contributed by atoms with E-state index in [1.165, 1.54) is 6.92 Å². The average molecular weight is 317 g/mol. The van der Waals surface area contributed by atoms with Gasteiger partial charge in [-0.1, -0.05) is 20.8 Å². The molecule has 0 aliphatic rings. The molecule has 22 heavy (non-hydrogen) atoms.